The van der Waals surface area contributed by atoms with Crippen molar-refractivity contribution in [2.24, 2.45) is 0 Å². The number of hydrogen-bond acceptors (Lipinski definition) is 4. The average Bonchev–Trinajstić information content (AvgIpc) is 2.68. The molecule has 1 heterocycles. The van der Waals surface area contributed by atoms with Gasteiger partial charge in [-0.05, 0) is 23.3 Å². The molecule has 0 aliphatic carbocycles. The molecule has 0 aromatic heterocycles. The van der Waals surface area contributed by atoms with E-state index in [9.17, 15) is 9.90 Å². The van der Waals surface area contributed by atoms with E-state index in [0.29, 0.717) is 6.54 Å². The van der Waals surface area contributed by atoms with Gasteiger partial charge in [-0.25, -0.2) is 0 Å². The van der Waals surface area contributed by atoms with Crippen LogP contribution in [0.5, 0.6) is 5.75 Å². The van der Waals surface area contributed by atoms with E-state index in [1.165, 1.54) is 5.56 Å². The molecule has 0 saturated carbocycles. The zero-order valence-corrected chi connectivity index (χ0v) is 15.2. The quantitative estimate of drug-likeness (QED) is 0.865. The summed E-state index contributed by atoms with van der Waals surface area (Å²) in [5.74, 6) is 0.873. The molecule has 26 heavy (non-hydrogen) atoms. The van der Waals surface area contributed by atoms with Gasteiger partial charge in [0, 0.05) is 39.6 Å². The van der Waals surface area contributed by atoms with Crippen molar-refractivity contribution in [1.29, 1.82) is 0 Å². The molecule has 2 aromatic carbocycles. The van der Waals surface area contributed by atoms with Gasteiger partial charge in [0.05, 0.1) is 0 Å². The molecule has 0 spiro atoms. The molecule has 5 nitrogen and oxygen atoms in total. The standard InChI is InChI=1S/C21H26N2O3/c1-17(24)23-13-11-22(12-14-23)15-20(25)16-26-21-9-7-19(8-10-21)18-5-3-2-4-6-18/h2-10,20,25H,11-16H2,1H3. The molecule has 1 unspecified atom stereocenters. The van der Waals surface area contributed by atoms with E-state index in [-0.39, 0.29) is 12.5 Å². The van der Waals surface area contributed by atoms with Gasteiger partial charge in [-0.3, -0.25) is 9.69 Å². The Morgan fingerprint density at radius 3 is 2.23 bits per heavy atom. The normalized spacial score (nSPS) is 16.3. The van der Waals surface area contributed by atoms with Crippen molar-refractivity contribution in [1.82, 2.24) is 9.80 Å². The molecule has 1 atom stereocenters. The third kappa shape index (κ3) is 5.07. The fourth-order valence-electron chi connectivity index (χ4n) is 3.16. The molecule has 3 rings (SSSR count). The van der Waals surface area contributed by atoms with Crippen LogP contribution in [0.25, 0.3) is 11.1 Å². The molecular weight excluding hydrogens is 328 g/mol. The summed E-state index contributed by atoms with van der Waals surface area (Å²) in [7, 11) is 0. The fraction of sp³-hybridized carbons (Fsp3) is 0.381. The monoisotopic (exact) mass is 354 g/mol. The Bertz CT molecular complexity index is 695. The van der Waals surface area contributed by atoms with E-state index in [1.54, 1.807) is 6.92 Å². The van der Waals surface area contributed by atoms with Gasteiger partial charge in [-0.2, -0.15) is 0 Å². The Balaban J connectivity index is 1.43. The van der Waals surface area contributed by atoms with Crippen LogP contribution in [0, 0.1) is 0 Å². The Kier molecular flexibility index (Phi) is 6.26. The predicted octanol–water partition coefficient (Wildman–Crippen LogP) is 2.26. The second kappa shape index (κ2) is 8.83. The minimum atomic E-state index is -0.548. The number of benzene rings is 2. The van der Waals surface area contributed by atoms with Crippen molar-refractivity contribution in [2.75, 3.05) is 39.3 Å². The second-order valence-electron chi connectivity index (χ2n) is 6.66. The number of β-amino-alcohol motifs (C(OH)–C–C–N with tert-alkyl or cyclic N) is 1. The number of rotatable bonds is 6. The number of carbonyl (C=O) groups excluding carboxylic acids is 1. The minimum Gasteiger partial charge on any atom is -0.491 e. The zero-order chi connectivity index (χ0) is 18.4. The van der Waals surface area contributed by atoms with Crippen LogP contribution in [-0.2, 0) is 4.79 Å². The Labute approximate surface area is 154 Å². The molecular formula is C21H26N2O3. The van der Waals surface area contributed by atoms with E-state index in [4.69, 9.17) is 4.74 Å². The van der Waals surface area contributed by atoms with Gasteiger partial charge in [-0.1, -0.05) is 42.5 Å². The number of nitrogens with zero attached hydrogens (tertiary/aromatic N) is 2. The van der Waals surface area contributed by atoms with Crippen molar-refractivity contribution in [3.8, 4) is 16.9 Å². The van der Waals surface area contributed by atoms with E-state index in [1.807, 2.05) is 47.4 Å². The first-order valence-corrected chi connectivity index (χ1v) is 9.06. The summed E-state index contributed by atoms with van der Waals surface area (Å²) in [5, 5.41) is 10.2. The van der Waals surface area contributed by atoms with Gasteiger partial charge in [0.15, 0.2) is 0 Å². The number of carbonyl (C=O) groups is 1. The largest absolute Gasteiger partial charge is 0.491 e. The van der Waals surface area contributed by atoms with Crippen LogP contribution in [0.3, 0.4) is 0 Å². The highest BCUT2D eigenvalue weighted by atomic mass is 16.5. The summed E-state index contributed by atoms with van der Waals surface area (Å²) in [6.45, 7) is 5.46. The first-order chi connectivity index (χ1) is 12.6. The van der Waals surface area contributed by atoms with E-state index < -0.39 is 6.10 Å². The number of piperazine rings is 1. The van der Waals surface area contributed by atoms with Crippen molar-refractivity contribution in [3.63, 3.8) is 0 Å². The summed E-state index contributed by atoms with van der Waals surface area (Å²) in [5.41, 5.74) is 2.31. The minimum absolute atomic E-state index is 0.118. The summed E-state index contributed by atoms with van der Waals surface area (Å²) < 4.78 is 5.72. The molecule has 0 bridgehead atoms. The maximum atomic E-state index is 11.3. The third-order valence-electron chi connectivity index (χ3n) is 4.69. The molecule has 1 amide bonds. The Morgan fingerprint density at radius 2 is 1.62 bits per heavy atom. The number of aliphatic hydroxyl groups excluding tert-OH is 1. The van der Waals surface area contributed by atoms with Gasteiger partial charge >= 0.3 is 0 Å². The van der Waals surface area contributed by atoms with Crippen LogP contribution in [0.15, 0.2) is 54.6 Å². The first kappa shape index (κ1) is 18.4. The summed E-state index contributed by atoms with van der Waals surface area (Å²) in [6.07, 6.45) is -0.548. The maximum Gasteiger partial charge on any atom is 0.219 e. The molecule has 1 N–H and O–H groups in total. The number of amides is 1. The molecule has 1 fully saturated rings. The van der Waals surface area contributed by atoms with Crippen molar-refractivity contribution in [2.45, 2.75) is 13.0 Å². The lowest BCUT2D eigenvalue weighted by atomic mass is 10.1. The topological polar surface area (TPSA) is 53.0 Å². The van der Waals surface area contributed by atoms with Crippen LogP contribution in [0.1, 0.15) is 6.92 Å². The maximum absolute atomic E-state index is 11.3. The van der Waals surface area contributed by atoms with Gasteiger partial charge in [-0.15, -0.1) is 0 Å². The molecule has 1 aliphatic heterocycles. The van der Waals surface area contributed by atoms with Gasteiger partial charge in [0.25, 0.3) is 0 Å². The van der Waals surface area contributed by atoms with Crippen LogP contribution < -0.4 is 4.74 Å². The van der Waals surface area contributed by atoms with Crippen LogP contribution >= 0.6 is 0 Å². The van der Waals surface area contributed by atoms with Crippen molar-refractivity contribution < 1.29 is 14.6 Å². The highest BCUT2D eigenvalue weighted by Gasteiger charge is 2.20. The predicted molar refractivity (Wildman–Crippen MR) is 102 cm³/mol. The lowest BCUT2D eigenvalue weighted by Crippen LogP contribution is -2.50. The number of aliphatic hydroxyl groups is 1. The molecule has 2 aromatic rings. The Morgan fingerprint density at radius 1 is 1.00 bits per heavy atom. The summed E-state index contributed by atoms with van der Waals surface area (Å²) >= 11 is 0. The summed E-state index contributed by atoms with van der Waals surface area (Å²) in [6, 6.07) is 18.1. The number of ether oxygens (including phenoxy) is 1. The van der Waals surface area contributed by atoms with Gasteiger partial charge in [0.1, 0.15) is 18.5 Å². The lowest BCUT2D eigenvalue weighted by molar-refractivity contribution is -0.130. The van der Waals surface area contributed by atoms with Gasteiger partial charge in [0.2, 0.25) is 5.91 Å². The third-order valence-corrected chi connectivity index (χ3v) is 4.69. The molecule has 1 saturated heterocycles. The number of hydrogen-bond donors (Lipinski definition) is 1. The summed E-state index contributed by atoms with van der Waals surface area (Å²) in [4.78, 5) is 15.4. The SMILES string of the molecule is CC(=O)N1CCN(CC(O)COc2ccc(-c3ccccc3)cc2)CC1. The average molecular weight is 354 g/mol. The van der Waals surface area contributed by atoms with E-state index in [0.717, 1.165) is 37.5 Å². The van der Waals surface area contributed by atoms with Crippen LogP contribution in [0.4, 0.5) is 0 Å². The Hall–Kier alpha value is -2.37. The van der Waals surface area contributed by atoms with Crippen molar-refractivity contribution >= 4 is 5.91 Å². The molecule has 5 heteroatoms. The van der Waals surface area contributed by atoms with Gasteiger partial charge < -0.3 is 14.7 Å². The van der Waals surface area contributed by atoms with Crippen molar-refractivity contribution in [3.05, 3.63) is 54.6 Å². The van der Waals surface area contributed by atoms with E-state index in [2.05, 4.69) is 17.0 Å². The smallest absolute Gasteiger partial charge is 0.219 e. The second-order valence-corrected chi connectivity index (χ2v) is 6.66. The fourth-order valence-corrected chi connectivity index (χ4v) is 3.16. The molecule has 1 aliphatic rings. The van der Waals surface area contributed by atoms with Crippen LogP contribution in [0.2, 0.25) is 0 Å². The molecule has 0 radical (unpaired) electrons. The lowest BCUT2D eigenvalue weighted by Gasteiger charge is -2.35. The zero-order valence-electron chi connectivity index (χ0n) is 15.2. The molecule has 138 valence electrons. The first-order valence-electron chi connectivity index (χ1n) is 9.06. The highest BCUT2D eigenvalue weighted by Crippen LogP contribution is 2.22. The highest BCUT2D eigenvalue weighted by molar-refractivity contribution is 5.73. The van der Waals surface area contributed by atoms with E-state index >= 15 is 0 Å². The van der Waals surface area contributed by atoms with Crippen LogP contribution in [-0.4, -0.2) is 66.2 Å².